The van der Waals surface area contributed by atoms with Crippen molar-refractivity contribution in [2.45, 2.75) is 32.4 Å². The highest BCUT2D eigenvalue weighted by molar-refractivity contribution is 6.36. The minimum atomic E-state index is -0.466. The lowest BCUT2D eigenvalue weighted by atomic mass is 9.96. The van der Waals surface area contributed by atoms with Gasteiger partial charge in [0.25, 0.3) is 5.56 Å². The van der Waals surface area contributed by atoms with Crippen molar-refractivity contribution in [3.63, 3.8) is 0 Å². The van der Waals surface area contributed by atoms with Crippen LogP contribution in [0.1, 0.15) is 24.0 Å². The Kier molecular flexibility index (Phi) is 8.57. The molecule has 6 rings (SSSR count). The molecule has 3 N–H and O–H groups in total. The van der Waals surface area contributed by atoms with E-state index in [1.807, 2.05) is 55.5 Å². The highest BCUT2D eigenvalue weighted by atomic mass is 35.5. The largest absolute Gasteiger partial charge is 0.481 e. The Labute approximate surface area is 269 Å². The first-order chi connectivity index (χ1) is 22.2. The highest BCUT2D eigenvalue weighted by Crippen LogP contribution is 2.39. The van der Waals surface area contributed by atoms with Crippen LogP contribution in [0.25, 0.3) is 33.3 Å². The Balaban J connectivity index is 1.30. The second-order valence-corrected chi connectivity index (χ2v) is 11.6. The molecule has 236 valence electrons. The van der Waals surface area contributed by atoms with Gasteiger partial charge in [0.2, 0.25) is 11.8 Å². The number of hydrogen-bond acceptors (Lipinski definition) is 9. The van der Waals surface area contributed by atoms with Crippen LogP contribution >= 0.6 is 11.6 Å². The van der Waals surface area contributed by atoms with Gasteiger partial charge in [-0.05, 0) is 36.6 Å². The third-order valence-electron chi connectivity index (χ3n) is 8.36. The second-order valence-electron chi connectivity index (χ2n) is 11.2. The zero-order valence-corrected chi connectivity index (χ0v) is 26.6. The molecule has 12 nitrogen and oxygen atoms in total. The first-order valence-corrected chi connectivity index (χ1v) is 15.2. The summed E-state index contributed by atoms with van der Waals surface area (Å²) in [6, 6.07) is 15.5. The summed E-state index contributed by atoms with van der Waals surface area (Å²) >= 11 is 7.07. The molecular formula is C33H33ClN8O4. The van der Waals surface area contributed by atoms with Crippen molar-refractivity contribution in [3.8, 4) is 28.3 Å². The summed E-state index contributed by atoms with van der Waals surface area (Å²) in [5.74, 6) is 0.824. The topological polar surface area (TPSA) is 145 Å². The van der Waals surface area contributed by atoms with E-state index in [4.69, 9.17) is 21.3 Å². The SMILES string of the molecule is COc1nc(-c2cccc(-c3cccc(Nc4nncc5c4c(=O)n(C)c(=O)n5C)c3C)c2Cl)ccc1CNCC1CCC(=O)N1. The fourth-order valence-corrected chi connectivity index (χ4v) is 6.11. The van der Waals surface area contributed by atoms with Crippen LogP contribution in [0.15, 0.2) is 64.3 Å². The molecule has 1 unspecified atom stereocenters. The molecular weight excluding hydrogens is 608 g/mol. The molecule has 0 spiro atoms. The van der Waals surface area contributed by atoms with Gasteiger partial charge in [-0.1, -0.05) is 48.0 Å². The van der Waals surface area contributed by atoms with Gasteiger partial charge in [-0.3, -0.25) is 18.7 Å². The third-order valence-corrected chi connectivity index (χ3v) is 8.77. The Hall–Kier alpha value is -5.07. The summed E-state index contributed by atoms with van der Waals surface area (Å²) in [4.78, 5) is 41.8. The molecule has 0 saturated carbocycles. The number of nitrogens with one attached hydrogen (secondary N) is 3. The molecule has 2 aromatic carbocycles. The summed E-state index contributed by atoms with van der Waals surface area (Å²) in [5, 5.41) is 18.6. The minimum Gasteiger partial charge on any atom is -0.481 e. The van der Waals surface area contributed by atoms with E-state index >= 15 is 0 Å². The normalized spacial score (nSPS) is 14.5. The average molecular weight is 641 g/mol. The molecule has 0 radical (unpaired) electrons. The summed E-state index contributed by atoms with van der Waals surface area (Å²) in [6.45, 7) is 3.16. The number of nitrogens with zero attached hydrogens (tertiary/aromatic N) is 5. The quantitative estimate of drug-likeness (QED) is 0.219. The van der Waals surface area contributed by atoms with E-state index in [0.717, 1.165) is 38.8 Å². The van der Waals surface area contributed by atoms with Gasteiger partial charge in [-0.25, -0.2) is 9.78 Å². The Morgan fingerprint density at radius 3 is 2.54 bits per heavy atom. The number of aryl methyl sites for hydroxylation is 1. The zero-order chi connectivity index (χ0) is 32.5. The highest BCUT2D eigenvalue weighted by Gasteiger charge is 2.21. The Morgan fingerprint density at radius 2 is 1.78 bits per heavy atom. The molecule has 1 amide bonds. The number of aromatic nitrogens is 5. The van der Waals surface area contributed by atoms with Crippen LogP contribution in [-0.2, 0) is 25.4 Å². The number of anilines is 2. The number of methoxy groups -OCH3 is 1. The van der Waals surface area contributed by atoms with Crippen molar-refractivity contribution in [1.82, 2.24) is 34.9 Å². The lowest BCUT2D eigenvalue weighted by Gasteiger charge is -2.17. The number of halogens is 1. The fraction of sp³-hybridized carbons (Fsp3) is 0.273. The first-order valence-electron chi connectivity index (χ1n) is 14.8. The maximum Gasteiger partial charge on any atom is 0.330 e. The molecule has 0 aliphatic carbocycles. The Bertz CT molecular complexity index is 2110. The maximum atomic E-state index is 13.1. The van der Waals surface area contributed by atoms with E-state index in [-0.39, 0.29) is 23.2 Å². The Morgan fingerprint density at radius 1 is 1.02 bits per heavy atom. The summed E-state index contributed by atoms with van der Waals surface area (Å²) < 4.78 is 8.05. The van der Waals surface area contributed by atoms with E-state index in [2.05, 4.69) is 26.1 Å². The molecule has 1 fully saturated rings. The van der Waals surface area contributed by atoms with Crippen LogP contribution in [-0.4, -0.2) is 49.9 Å². The lowest BCUT2D eigenvalue weighted by Crippen LogP contribution is -2.37. The monoisotopic (exact) mass is 640 g/mol. The number of pyridine rings is 1. The maximum absolute atomic E-state index is 13.1. The summed E-state index contributed by atoms with van der Waals surface area (Å²) in [5.41, 5.74) is 5.00. The van der Waals surface area contributed by atoms with Gasteiger partial charge in [0.1, 0.15) is 5.39 Å². The average Bonchev–Trinajstić information content (AvgIpc) is 3.48. The van der Waals surface area contributed by atoms with Gasteiger partial charge < -0.3 is 20.7 Å². The fourth-order valence-electron chi connectivity index (χ4n) is 5.78. The molecule has 1 aliphatic rings. The van der Waals surface area contributed by atoms with E-state index in [9.17, 15) is 14.4 Å². The number of amides is 1. The summed E-state index contributed by atoms with van der Waals surface area (Å²) in [6.07, 6.45) is 2.79. The van der Waals surface area contributed by atoms with Gasteiger partial charge in [0.05, 0.1) is 29.5 Å². The standard InChI is InChI=1S/C33H33ClN8O4/c1-18-21(7-6-10-24(18)38-30-28-26(17-36-40-30)41(2)33(45)42(3)32(28)44)22-8-5-9-23(29(22)34)25-13-11-19(31(39-25)46-4)15-35-16-20-12-14-27(43)37-20/h5-11,13,17,20,35H,12,14-16H2,1-4H3,(H,37,43)(H,38,40). The van der Waals surface area contributed by atoms with Gasteiger partial charge >= 0.3 is 5.69 Å². The van der Waals surface area contributed by atoms with Crippen LogP contribution in [0.3, 0.4) is 0 Å². The minimum absolute atomic E-state index is 0.0908. The number of ether oxygens (including phenoxy) is 1. The van der Waals surface area contributed by atoms with Crippen LogP contribution in [0, 0.1) is 6.92 Å². The zero-order valence-electron chi connectivity index (χ0n) is 25.8. The van der Waals surface area contributed by atoms with Gasteiger partial charge in [-0.15, -0.1) is 5.10 Å². The molecule has 5 aromatic rings. The van der Waals surface area contributed by atoms with Gasteiger partial charge in [0.15, 0.2) is 5.82 Å². The van der Waals surface area contributed by atoms with Crippen molar-refractivity contribution in [3.05, 3.63) is 91.7 Å². The molecule has 1 atom stereocenters. The molecule has 4 heterocycles. The van der Waals surface area contributed by atoms with Crippen molar-refractivity contribution >= 4 is 39.9 Å². The van der Waals surface area contributed by atoms with Crippen LogP contribution in [0.5, 0.6) is 5.88 Å². The smallest absolute Gasteiger partial charge is 0.330 e. The third kappa shape index (κ3) is 5.72. The van der Waals surface area contributed by atoms with E-state index in [1.54, 1.807) is 14.2 Å². The number of rotatable bonds is 9. The second kappa shape index (κ2) is 12.7. The van der Waals surface area contributed by atoms with E-state index < -0.39 is 11.2 Å². The molecule has 0 bridgehead atoms. The van der Waals surface area contributed by atoms with Gasteiger partial charge in [0, 0.05) is 62.0 Å². The van der Waals surface area contributed by atoms with E-state index in [0.29, 0.717) is 47.3 Å². The van der Waals surface area contributed by atoms with Crippen molar-refractivity contribution in [2.75, 3.05) is 19.0 Å². The number of benzene rings is 2. The number of carbonyl (C=O) groups is 1. The van der Waals surface area contributed by atoms with Crippen LogP contribution < -0.4 is 31.9 Å². The predicted octanol–water partition coefficient (Wildman–Crippen LogP) is 3.84. The van der Waals surface area contributed by atoms with Crippen LogP contribution in [0.2, 0.25) is 5.02 Å². The molecule has 1 aliphatic heterocycles. The van der Waals surface area contributed by atoms with Crippen molar-refractivity contribution in [2.24, 2.45) is 14.1 Å². The predicted molar refractivity (Wildman–Crippen MR) is 178 cm³/mol. The molecule has 1 saturated heterocycles. The number of fused-ring (bicyclic) bond motifs is 1. The van der Waals surface area contributed by atoms with Crippen LogP contribution in [0.4, 0.5) is 11.5 Å². The van der Waals surface area contributed by atoms with Crippen molar-refractivity contribution in [1.29, 1.82) is 0 Å². The van der Waals surface area contributed by atoms with Crippen molar-refractivity contribution < 1.29 is 9.53 Å². The lowest BCUT2D eigenvalue weighted by molar-refractivity contribution is -0.119. The molecule has 3 aromatic heterocycles. The first kappa shape index (κ1) is 30.9. The number of hydrogen-bond donors (Lipinski definition) is 3. The molecule has 13 heteroatoms. The molecule has 46 heavy (non-hydrogen) atoms. The summed E-state index contributed by atoms with van der Waals surface area (Å²) in [7, 11) is 4.61. The van der Waals surface area contributed by atoms with Gasteiger partial charge in [-0.2, -0.15) is 5.10 Å². The number of carbonyl (C=O) groups excluding carboxylic acids is 1. The van der Waals surface area contributed by atoms with E-state index in [1.165, 1.54) is 17.8 Å².